The molecule has 0 aliphatic carbocycles. The molecule has 0 fully saturated rings. The van der Waals surface area contributed by atoms with Crippen LogP contribution in [0.2, 0.25) is 0 Å². The van der Waals surface area contributed by atoms with Gasteiger partial charge < -0.3 is 10.2 Å². The zero-order chi connectivity index (χ0) is 8.24. The van der Waals surface area contributed by atoms with Crippen molar-refractivity contribution in [2.24, 2.45) is 0 Å². The van der Waals surface area contributed by atoms with Gasteiger partial charge in [0.1, 0.15) is 0 Å². The van der Waals surface area contributed by atoms with Crippen LogP contribution in [0.15, 0.2) is 0 Å². The maximum atomic E-state index is 9.53. The molecule has 3 heteroatoms. The van der Waals surface area contributed by atoms with E-state index in [9.17, 15) is 10.2 Å². The van der Waals surface area contributed by atoms with Gasteiger partial charge in [-0.1, -0.05) is 39.5 Å². The summed E-state index contributed by atoms with van der Waals surface area (Å²) in [6.45, 7) is 4.21. The molecule has 72 valence electrons. The Bertz CT molecular complexity index is 33.1. The van der Waals surface area contributed by atoms with Gasteiger partial charge in [0.2, 0.25) is 0 Å². The van der Waals surface area contributed by atoms with Crippen molar-refractivity contribution in [3.63, 3.8) is 0 Å². The maximum absolute atomic E-state index is 9.53. The first-order valence-corrected chi connectivity index (χ1v) is 3.99. The number of hydrogen-bond acceptors (Lipinski definition) is 2. The Labute approximate surface area is 84.3 Å². The molecule has 0 amide bonds. The fourth-order valence-corrected chi connectivity index (χ4v) is 0.289. The summed E-state index contributed by atoms with van der Waals surface area (Å²) in [7, 11) is 0. The van der Waals surface area contributed by atoms with E-state index in [4.69, 9.17) is 0 Å². The third-order valence-electron chi connectivity index (χ3n) is 0.996. The van der Waals surface area contributed by atoms with Crippen LogP contribution < -0.4 is 10.2 Å². The molecule has 0 aromatic heterocycles. The minimum absolute atomic E-state index is 0. The van der Waals surface area contributed by atoms with E-state index >= 15 is 0 Å². The fraction of sp³-hybridized carbons (Fsp3) is 1.00. The second-order valence-electron chi connectivity index (χ2n) is 2.12. The van der Waals surface area contributed by atoms with Crippen LogP contribution in [0.4, 0.5) is 0 Å². The summed E-state index contributed by atoms with van der Waals surface area (Å²) >= 11 is 0. The zero-order valence-electron chi connectivity index (χ0n) is 7.38. The predicted molar refractivity (Wildman–Crippen MR) is 39.6 cm³/mol. The van der Waals surface area contributed by atoms with Crippen molar-refractivity contribution in [1.29, 1.82) is 0 Å². The van der Waals surface area contributed by atoms with Crippen LogP contribution in [0.3, 0.4) is 0 Å². The summed E-state index contributed by atoms with van der Waals surface area (Å²) in [6, 6.07) is 0. The Balaban J connectivity index is -0.000000107. The molecule has 0 aliphatic rings. The molecular formula is C8H18O2Pt. The molecule has 0 aliphatic heterocycles. The van der Waals surface area contributed by atoms with Crippen molar-refractivity contribution >= 4 is 0 Å². The average molecular weight is 341 g/mol. The van der Waals surface area contributed by atoms with Gasteiger partial charge in [-0.05, 0) is 0 Å². The molecule has 0 saturated heterocycles. The Hall–Kier alpha value is 0.608. The second-order valence-corrected chi connectivity index (χ2v) is 2.12. The third kappa shape index (κ3) is 37.0. The molecule has 0 saturated carbocycles. The van der Waals surface area contributed by atoms with E-state index in [-0.39, 0.29) is 34.3 Å². The molecule has 0 radical (unpaired) electrons. The third-order valence-corrected chi connectivity index (χ3v) is 0.996. The van der Waals surface area contributed by atoms with Gasteiger partial charge in [-0.2, -0.15) is 0 Å². The normalized spacial score (nSPS) is 7.64. The van der Waals surface area contributed by atoms with Crippen molar-refractivity contribution in [1.82, 2.24) is 0 Å². The molecule has 0 spiro atoms. The molecule has 0 rings (SSSR count). The van der Waals surface area contributed by atoms with Gasteiger partial charge in [-0.3, -0.25) is 0 Å². The van der Waals surface area contributed by atoms with Gasteiger partial charge in [-0.15, -0.1) is 13.2 Å². The van der Waals surface area contributed by atoms with Gasteiger partial charge >= 0.3 is 21.1 Å². The summed E-state index contributed by atoms with van der Waals surface area (Å²) in [4.78, 5) is 0. The van der Waals surface area contributed by atoms with Gasteiger partial charge in [0.05, 0.1) is 0 Å². The van der Waals surface area contributed by atoms with Crippen molar-refractivity contribution in [3.05, 3.63) is 0 Å². The molecular weight excluding hydrogens is 323 g/mol. The topological polar surface area (TPSA) is 46.1 Å². The van der Waals surface area contributed by atoms with E-state index in [1.54, 1.807) is 0 Å². The Morgan fingerprint density at radius 1 is 0.818 bits per heavy atom. The van der Waals surface area contributed by atoms with E-state index in [0.29, 0.717) is 0 Å². The molecule has 0 atom stereocenters. The van der Waals surface area contributed by atoms with Crippen molar-refractivity contribution in [2.45, 2.75) is 39.5 Å². The standard InChI is InChI=1S/2C4H9O.Pt/c2*1-2-3-4-5;/h2*2-4H2,1H3;/q2*-1;+2. The summed E-state index contributed by atoms with van der Waals surface area (Å²) in [5.74, 6) is 0. The monoisotopic (exact) mass is 341 g/mol. The van der Waals surface area contributed by atoms with E-state index < -0.39 is 0 Å². The van der Waals surface area contributed by atoms with Crippen LogP contribution >= 0.6 is 0 Å². The van der Waals surface area contributed by atoms with Crippen molar-refractivity contribution < 1.29 is 31.3 Å². The quantitative estimate of drug-likeness (QED) is 0.738. The van der Waals surface area contributed by atoms with Crippen molar-refractivity contribution in [2.75, 3.05) is 13.2 Å². The van der Waals surface area contributed by atoms with Crippen LogP contribution in [0.1, 0.15) is 39.5 Å². The Morgan fingerprint density at radius 2 is 1.09 bits per heavy atom. The average Bonchev–Trinajstić information content (AvgIpc) is 1.93. The van der Waals surface area contributed by atoms with Gasteiger partial charge in [0.15, 0.2) is 0 Å². The number of hydrogen-bond donors (Lipinski definition) is 0. The summed E-state index contributed by atoms with van der Waals surface area (Å²) in [6.07, 6.45) is 3.73. The first-order chi connectivity index (χ1) is 4.83. The molecule has 11 heavy (non-hydrogen) atoms. The SMILES string of the molecule is CCCC[O-].CCCC[O-].[Pt+2]. The minimum atomic E-state index is 0. The van der Waals surface area contributed by atoms with E-state index in [1.165, 1.54) is 0 Å². The first kappa shape index (κ1) is 17.6. The van der Waals surface area contributed by atoms with Crippen LogP contribution in [0, 0.1) is 0 Å². The Kier molecular flexibility index (Phi) is 35.9. The smallest absolute Gasteiger partial charge is 0.854 e. The van der Waals surface area contributed by atoms with E-state index in [0.717, 1.165) is 25.7 Å². The molecule has 0 aromatic carbocycles. The first-order valence-electron chi connectivity index (χ1n) is 3.99. The van der Waals surface area contributed by atoms with Gasteiger partial charge in [0.25, 0.3) is 0 Å². The predicted octanol–water partition coefficient (Wildman–Crippen LogP) is 0.291. The molecule has 0 heterocycles. The fourth-order valence-electron chi connectivity index (χ4n) is 0.289. The number of unbranched alkanes of at least 4 members (excludes halogenated alkanes) is 2. The second kappa shape index (κ2) is 22.4. The summed E-state index contributed by atoms with van der Waals surface area (Å²) in [5, 5.41) is 19.1. The van der Waals surface area contributed by atoms with Crippen LogP contribution in [0.25, 0.3) is 0 Å². The molecule has 2 nitrogen and oxygen atoms in total. The molecule has 0 unspecified atom stereocenters. The van der Waals surface area contributed by atoms with Crippen LogP contribution in [0.5, 0.6) is 0 Å². The molecule has 0 aromatic rings. The van der Waals surface area contributed by atoms with Crippen LogP contribution in [-0.4, -0.2) is 13.2 Å². The largest absolute Gasteiger partial charge is 2.00 e. The minimum Gasteiger partial charge on any atom is -0.854 e. The Morgan fingerprint density at radius 3 is 1.09 bits per heavy atom. The van der Waals surface area contributed by atoms with Crippen molar-refractivity contribution in [3.8, 4) is 0 Å². The van der Waals surface area contributed by atoms with Crippen LogP contribution in [-0.2, 0) is 21.1 Å². The van der Waals surface area contributed by atoms with Gasteiger partial charge in [0, 0.05) is 0 Å². The maximum Gasteiger partial charge on any atom is 2.00 e. The zero-order valence-corrected chi connectivity index (χ0v) is 9.65. The van der Waals surface area contributed by atoms with E-state index in [2.05, 4.69) is 0 Å². The summed E-state index contributed by atoms with van der Waals surface area (Å²) in [5.41, 5.74) is 0. The molecule has 0 bridgehead atoms. The summed E-state index contributed by atoms with van der Waals surface area (Å²) < 4.78 is 0. The van der Waals surface area contributed by atoms with E-state index in [1.807, 2.05) is 13.8 Å². The molecule has 0 N–H and O–H groups in total. The number of rotatable bonds is 4. The van der Waals surface area contributed by atoms with Gasteiger partial charge in [-0.25, -0.2) is 0 Å².